The molecule has 0 unspecified atom stereocenters. The van der Waals surface area contributed by atoms with Gasteiger partial charge in [-0.1, -0.05) is 11.8 Å². The molecule has 1 fully saturated rings. The zero-order valence-electron chi connectivity index (χ0n) is 7.34. The second kappa shape index (κ2) is 4.65. The van der Waals surface area contributed by atoms with Crippen LogP contribution in [0.25, 0.3) is 0 Å². The molecule has 0 heterocycles. The van der Waals surface area contributed by atoms with Crippen molar-refractivity contribution in [2.24, 2.45) is 5.92 Å². The number of hydrogen-bond acceptors (Lipinski definition) is 3. The molecule has 0 aromatic rings. The lowest BCUT2D eigenvalue weighted by Crippen LogP contribution is -1.97. The Balaban J connectivity index is 1.94. The average molecular weight is 186 g/mol. The highest BCUT2D eigenvalue weighted by molar-refractivity contribution is 8.13. The van der Waals surface area contributed by atoms with Gasteiger partial charge in [0.2, 0.25) is 0 Å². The molecule has 68 valence electrons. The van der Waals surface area contributed by atoms with Crippen LogP contribution in [0.5, 0.6) is 0 Å². The van der Waals surface area contributed by atoms with Gasteiger partial charge in [-0.2, -0.15) is 0 Å². The van der Waals surface area contributed by atoms with Crippen molar-refractivity contribution in [3.63, 3.8) is 0 Å². The zero-order valence-corrected chi connectivity index (χ0v) is 8.15. The fourth-order valence-corrected chi connectivity index (χ4v) is 1.89. The van der Waals surface area contributed by atoms with Crippen LogP contribution in [-0.4, -0.2) is 16.7 Å². The van der Waals surface area contributed by atoms with Gasteiger partial charge in [-0.05, 0) is 26.2 Å². The summed E-state index contributed by atoms with van der Waals surface area (Å²) in [5, 5.41) is 0.332. The highest BCUT2D eigenvalue weighted by atomic mass is 32.2. The standard InChI is InChI=1S/C9H14O2S/c1-7(10)3-2-6-12-9(11)8-4-5-8/h8H,2-6H2,1H3. The summed E-state index contributed by atoms with van der Waals surface area (Å²) < 4.78 is 0. The van der Waals surface area contributed by atoms with Crippen molar-refractivity contribution in [2.45, 2.75) is 32.6 Å². The number of ketones is 1. The zero-order chi connectivity index (χ0) is 8.97. The van der Waals surface area contributed by atoms with E-state index in [9.17, 15) is 9.59 Å². The quantitative estimate of drug-likeness (QED) is 0.616. The van der Waals surface area contributed by atoms with Gasteiger partial charge in [0.1, 0.15) is 5.78 Å². The van der Waals surface area contributed by atoms with Crippen molar-refractivity contribution in [2.75, 3.05) is 5.75 Å². The lowest BCUT2D eigenvalue weighted by atomic mass is 10.3. The predicted molar refractivity (Wildman–Crippen MR) is 50.1 cm³/mol. The number of thioether (sulfide) groups is 1. The number of carbonyl (C=O) groups excluding carboxylic acids is 2. The molecule has 0 N–H and O–H groups in total. The number of hydrogen-bond donors (Lipinski definition) is 0. The van der Waals surface area contributed by atoms with Crippen LogP contribution in [0.3, 0.4) is 0 Å². The molecule has 0 atom stereocenters. The van der Waals surface area contributed by atoms with E-state index in [1.54, 1.807) is 6.92 Å². The van der Waals surface area contributed by atoms with Gasteiger partial charge in [-0.3, -0.25) is 4.79 Å². The second-order valence-electron chi connectivity index (χ2n) is 3.25. The maximum Gasteiger partial charge on any atom is 0.192 e. The fraction of sp³-hybridized carbons (Fsp3) is 0.778. The first-order valence-corrected chi connectivity index (χ1v) is 5.35. The third-order valence-corrected chi connectivity index (χ3v) is 2.94. The van der Waals surface area contributed by atoms with Crippen LogP contribution in [0.4, 0.5) is 0 Å². The molecular weight excluding hydrogens is 172 g/mol. The van der Waals surface area contributed by atoms with E-state index in [-0.39, 0.29) is 5.78 Å². The Morgan fingerprint density at radius 3 is 2.58 bits per heavy atom. The van der Waals surface area contributed by atoms with Crippen molar-refractivity contribution in [1.82, 2.24) is 0 Å². The first-order valence-electron chi connectivity index (χ1n) is 4.36. The summed E-state index contributed by atoms with van der Waals surface area (Å²) in [7, 11) is 0. The molecule has 0 spiro atoms. The topological polar surface area (TPSA) is 34.1 Å². The minimum atomic E-state index is 0.217. The van der Waals surface area contributed by atoms with E-state index < -0.39 is 0 Å². The Kier molecular flexibility index (Phi) is 3.79. The molecule has 0 saturated heterocycles. The Hall–Kier alpha value is -0.310. The van der Waals surface area contributed by atoms with Crippen LogP contribution in [0.1, 0.15) is 32.6 Å². The summed E-state index contributed by atoms with van der Waals surface area (Å²) in [6.45, 7) is 1.59. The first-order chi connectivity index (χ1) is 5.70. The Bertz CT molecular complexity index is 185. The molecule has 3 heteroatoms. The molecular formula is C9H14O2S. The number of carbonyl (C=O) groups is 2. The maximum atomic E-state index is 11.1. The van der Waals surface area contributed by atoms with Crippen LogP contribution in [-0.2, 0) is 9.59 Å². The van der Waals surface area contributed by atoms with Crippen molar-refractivity contribution in [1.29, 1.82) is 0 Å². The van der Waals surface area contributed by atoms with E-state index in [2.05, 4.69) is 0 Å². The van der Waals surface area contributed by atoms with Crippen LogP contribution in [0.2, 0.25) is 0 Å². The van der Waals surface area contributed by atoms with E-state index in [1.165, 1.54) is 11.8 Å². The molecule has 2 nitrogen and oxygen atoms in total. The molecule has 1 rings (SSSR count). The van der Waals surface area contributed by atoms with Crippen LogP contribution in [0, 0.1) is 5.92 Å². The van der Waals surface area contributed by atoms with Gasteiger partial charge in [0.25, 0.3) is 0 Å². The minimum absolute atomic E-state index is 0.217. The van der Waals surface area contributed by atoms with Gasteiger partial charge >= 0.3 is 0 Å². The molecule has 0 aromatic carbocycles. The summed E-state index contributed by atoms with van der Waals surface area (Å²) in [5.41, 5.74) is 0. The summed E-state index contributed by atoms with van der Waals surface area (Å²) >= 11 is 1.40. The van der Waals surface area contributed by atoms with Crippen LogP contribution < -0.4 is 0 Å². The van der Waals surface area contributed by atoms with E-state index in [1.807, 2.05) is 0 Å². The predicted octanol–water partition coefficient (Wildman–Crippen LogP) is 2.03. The van der Waals surface area contributed by atoms with Crippen molar-refractivity contribution < 1.29 is 9.59 Å². The monoisotopic (exact) mass is 186 g/mol. The highest BCUT2D eigenvalue weighted by Gasteiger charge is 2.29. The van der Waals surface area contributed by atoms with Gasteiger partial charge in [0, 0.05) is 18.1 Å². The number of rotatable bonds is 5. The number of Topliss-reactive ketones (excluding diaryl/α,β-unsaturated/α-hetero) is 1. The molecule has 1 saturated carbocycles. The molecule has 0 bridgehead atoms. The third-order valence-electron chi connectivity index (χ3n) is 1.83. The lowest BCUT2D eigenvalue weighted by Gasteiger charge is -1.96. The third kappa shape index (κ3) is 3.90. The molecule has 0 aliphatic heterocycles. The molecule has 0 aromatic heterocycles. The van der Waals surface area contributed by atoms with E-state index >= 15 is 0 Å². The first kappa shape index (κ1) is 9.78. The van der Waals surface area contributed by atoms with Gasteiger partial charge < -0.3 is 4.79 Å². The summed E-state index contributed by atoms with van der Waals surface area (Å²) in [4.78, 5) is 21.7. The SMILES string of the molecule is CC(=O)CCCSC(=O)C1CC1. The molecule has 0 amide bonds. The summed E-state index contributed by atoms with van der Waals surface area (Å²) in [6.07, 6.45) is 3.63. The Labute approximate surface area is 77.1 Å². The van der Waals surface area contributed by atoms with E-state index in [0.717, 1.165) is 25.0 Å². The summed E-state index contributed by atoms with van der Waals surface area (Å²) in [5.74, 6) is 1.39. The molecule has 1 aliphatic rings. The largest absolute Gasteiger partial charge is 0.300 e. The van der Waals surface area contributed by atoms with Crippen LogP contribution in [0.15, 0.2) is 0 Å². The van der Waals surface area contributed by atoms with Crippen molar-refractivity contribution >= 4 is 22.7 Å². The lowest BCUT2D eigenvalue weighted by molar-refractivity contribution is -0.117. The van der Waals surface area contributed by atoms with Crippen molar-refractivity contribution in [3.8, 4) is 0 Å². The molecule has 1 aliphatic carbocycles. The smallest absolute Gasteiger partial charge is 0.192 e. The van der Waals surface area contributed by atoms with Crippen molar-refractivity contribution in [3.05, 3.63) is 0 Å². The summed E-state index contributed by atoms with van der Waals surface area (Å²) in [6, 6.07) is 0. The normalized spacial score (nSPS) is 16.1. The molecule has 12 heavy (non-hydrogen) atoms. The second-order valence-corrected chi connectivity index (χ2v) is 4.35. The van der Waals surface area contributed by atoms with Gasteiger partial charge in [0.05, 0.1) is 0 Å². The average Bonchev–Trinajstić information content (AvgIpc) is 2.79. The Morgan fingerprint density at radius 2 is 2.08 bits per heavy atom. The van der Waals surface area contributed by atoms with E-state index in [0.29, 0.717) is 17.5 Å². The Morgan fingerprint density at radius 1 is 1.42 bits per heavy atom. The van der Waals surface area contributed by atoms with Crippen LogP contribution >= 0.6 is 11.8 Å². The van der Waals surface area contributed by atoms with Gasteiger partial charge in [-0.25, -0.2) is 0 Å². The maximum absolute atomic E-state index is 11.1. The van der Waals surface area contributed by atoms with Gasteiger partial charge in [0.15, 0.2) is 5.12 Å². The van der Waals surface area contributed by atoms with E-state index in [4.69, 9.17) is 0 Å². The molecule has 0 radical (unpaired) electrons. The highest BCUT2D eigenvalue weighted by Crippen LogP contribution is 2.34. The minimum Gasteiger partial charge on any atom is -0.300 e. The fourth-order valence-electron chi connectivity index (χ4n) is 0.931. The van der Waals surface area contributed by atoms with Gasteiger partial charge in [-0.15, -0.1) is 0 Å².